The molecule has 12 rings (SSSR count). The number of nitrogens with zero attached hydrogens (tertiary/aromatic N) is 12. The number of pyridine rings is 3. The van der Waals surface area contributed by atoms with Crippen LogP contribution in [0.1, 0.15) is 59.2 Å². The summed E-state index contributed by atoms with van der Waals surface area (Å²) in [5.74, 6) is 5.18. The van der Waals surface area contributed by atoms with Gasteiger partial charge in [0.15, 0.2) is 22.8 Å². The third kappa shape index (κ3) is 9.33. The lowest BCUT2D eigenvalue weighted by Crippen LogP contribution is -2.13. The Morgan fingerprint density at radius 3 is 1.91 bits per heavy atom. The van der Waals surface area contributed by atoms with Crippen molar-refractivity contribution in [3.05, 3.63) is 175 Å². The van der Waals surface area contributed by atoms with Gasteiger partial charge in [0.05, 0.1) is 39.3 Å². The van der Waals surface area contributed by atoms with Gasteiger partial charge in [-0.05, 0) is 103 Å². The molecule has 1 aliphatic carbocycles. The molecule has 0 aliphatic heterocycles. The van der Waals surface area contributed by atoms with Crippen molar-refractivity contribution >= 4 is 50.9 Å². The number of anilines is 3. The first kappa shape index (κ1) is 46.6. The lowest BCUT2D eigenvalue weighted by molar-refractivity contribution is 0.324. The lowest BCUT2D eigenvalue weighted by Gasteiger charge is -2.23. The fraction of sp³-hybridized carbons (Fsp3) is 0.211. The van der Waals surface area contributed by atoms with Crippen molar-refractivity contribution in [2.24, 2.45) is 0 Å². The van der Waals surface area contributed by atoms with Gasteiger partial charge in [0.2, 0.25) is 23.6 Å². The second kappa shape index (κ2) is 20.2. The molecule has 18 nitrogen and oxygen atoms in total. The Hall–Kier alpha value is -9.45. The molecular weight excluding hydrogens is 943 g/mol. The second-order valence-corrected chi connectivity index (χ2v) is 18.5. The molecule has 18 heteroatoms. The van der Waals surface area contributed by atoms with E-state index in [2.05, 4.69) is 72.9 Å². The molecule has 2 atom stereocenters. The number of rotatable bonds is 17. The molecule has 9 aromatic heterocycles. The van der Waals surface area contributed by atoms with E-state index in [0.717, 1.165) is 97.6 Å². The first-order valence-electron chi connectivity index (χ1n) is 24.9. The lowest BCUT2D eigenvalue weighted by atomic mass is 9.93. The van der Waals surface area contributed by atoms with Crippen LogP contribution in [0.3, 0.4) is 0 Å². The van der Waals surface area contributed by atoms with E-state index >= 15 is 0 Å². The SMILES string of the molecule is COc1cc(CNc2ncc3ccn(-c4cccc(-c5ccc(CNc6ncc7c(C)cn(C8CCCC8c8ccc(CNc9ncc%10ccn(-c%11ccccn%11)c%10n9)cc8)c7n6)nc5)n4)c3n2)cc(OC)c1OC. The van der Waals surface area contributed by atoms with Crippen LogP contribution in [0, 0.1) is 6.92 Å². The van der Waals surface area contributed by atoms with Crippen LogP contribution in [-0.4, -0.2) is 79.9 Å². The van der Waals surface area contributed by atoms with Crippen LogP contribution in [0.5, 0.6) is 17.2 Å². The molecule has 2 unspecified atom stereocenters. The third-order valence-corrected chi connectivity index (χ3v) is 13.9. The van der Waals surface area contributed by atoms with Crippen molar-refractivity contribution in [1.82, 2.24) is 58.6 Å². The smallest absolute Gasteiger partial charge is 0.224 e. The van der Waals surface area contributed by atoms with E-state index in [1.807, 2.05) is 113 Å². The molecule has 1 fully saturated rings. The summed E-state index contributed by atoms with van der Waals surface area (Å²) in [6, 6.07) is 32.8. The number of nitrogens with one attached hydrogen (secondary N) is 3. The van der Waals surface area contributed by atoms with E-state index in [1.54, 1.807) is 33.7 Å². The van der Waals surface area contributed by atoms with Crippen molar-refractivity contribution < 1.29 is 14.2 Å². The maximum atomic E-state index is 5.53. The van der Waals surface area contributed by atoms with Gasteiger partial charge in [-0.1, -0.05) is 42.8 Å². The van der Waals surface area contributed by atoms with Crippen LogP contribution in [-0.2, 0) is 19.6 Å². The van der Waals surface area contributed by atoms with Crippen LogP contribution in [0.15, 0.2) is 147 Å². The molecule has 0 amide bonds. The molecule has 0 spiro atoms. The number of ether oxygens (including phenoxy) is 3. The minimum absolute atomic E-state index is 0.274. The zero-order valence-electron chi connectivity index (χ0n) is 41.8. The molecule has 9 heterocycles. The number of benzene rings is 2. The molecule has 75 heavy (non-hydrogen) atoms. The van der Waals surface area contributed by atoms with E-state index < -0.39 is 0 Å². The maximum absolute atomic E-state index is 5.53. The van der Waals surface area contributed by atoms with Gasteiger partial charge >= 0.3 is 0 Å². The van der Waals surface area contributed by atoms with Crippen LogP contribution in [0.4, 0.5) is 17.8 Å². The molecule has 1 aliphatic rings. The maximum Gasteiger partial charge on any atom is 0.224 e. The van der Waals surface area contributed by atoms with Gasteiger partial charge < -0.3 is 34.7 Å². The molecule has 0 saturated heterocycles. The Labute approximate surface area is 431 Å². The van der Waals surface area contributed by atoms with E-state index in [0.29, 0.717) is 60.6 Å². The number of hydrogen-bond acceptors (Lipinski definition) is 15. The van der Waals surface area contributed by atoms with Gasteiger partial charge in [0, 0.05) is 96.3 Å². The van der Waals surface area contributed by atoms with E-state index in [1.165, 1.54) is 5.56 Å². The predicted octanol–water partition coefficient (Wildman–Crippen LogP) is 10.4. The van der Waals surface area contributed by atoms with E-state index in [4.69, 9.17) is 44.1 Å². The van der Waals surface area contributed by atoms with E-state index in [9.17, 15) is 0 Å². The Kier molecular flexibility index (Phi) is 12.6. The Morgan fingerprint density at radius 2 is 1.24 bits per heavy atom. The van der Waals surface area contributed by atoms with Crippen molar-refractivity contribution in [3.8, 4) is 40.1 Å². The molecule has 11 aromatic rings. The Balaban J connectivity index is 0.693. The Bertz CT molecular complexity index is 3790. The summed E-state index contributed by atoms with van der Waals surface area (Å²) in [6.07, 6.45) is 18.7. The monoisotopic (exact) mass is 995 g/mol. The van der Waals surface area contributed by atoms with Crippen molar-refractivity contribution in [3.63, 3.8) is 0 Å². The number of fused-ring (bicyclic) bond motifs is 3. The standard InChI is InChI=1S/C57H53N15O3/c1-35-34-72(46-11-7-9-43(46)38-16-14-36(15-17-38)27-60-55-62-30-40-20-23-70(52(40)67-55)49-12-5-6-22-58-49)54-44(35)33-65-57(69-54)64-32-42-19-18-39(29-59-42)45-10-8-13-50(66-45)71-24-21-41-31-63-56(68-53(41)71)61-28-37-25-47(73-2)51(75-4)48(26-37)74-3/h5-6,8,10,12-26,29-31,33-34,43,46H,7,9,11,27-28,32H2,1-4H3,(H,60,62,67)(H,61,63,68)(H,64,65,69). The molecular formula is C57H53N15O3. The summed E-state index contributed by atoms with van der Waals surface area (Å²) < 4.78 is 22.9. The van der Waals surface area contributed by atoms with Gasteiger partial charge in [-0.2, -0.15) is 15.0 Å². The minimum Gasteiger partial charge on any atom is -0.493 e. The van der Waals surface area contributed by atoms with Crippen LogP contribution in [0.2, 0.25) is 0 Å². The molecule has 0 radical (unpaired) electrons. The van der Waals surface area contributed by atoms with Crippen molar-refractivity contribution in [2.45, 2.75) is 57.8 Å². The zero-order chi connectivity index (χ0) is 50.8. The number of aromatic nitrogens is 12. The van der Waals surface area contributed by atoms with Crippen molar-refractivity contribution in [2.75, 3.05) is 37.3 Å². The highest BCUT2D eigenvalue weighted by Gasteiger charge is 2.31. The largest absolute Gasteiger partial charge is 0.493 e. The third-order valence-electron chi connectivity index (χ3n) is 13.9. The van der Waals surface area contributed by atoms with Gasteiger partial charge in [0.25, 0.3) is 0 Å². The predicted molar refractivity (Wildman–Crippen MR) is 289 cm³/mol. The van der Waals surface area contributed by atoms with Gasteiger partial charge in [-0.3, -0.25) is 14.1 Å². The first-order chi connectivity index (χ1) is 36.9. The fourth-order valence-electron chi connectivity index (χ4n) is 10.1. The molecule has 1 saturated carbocycles. The number of methoxy groups -OCH3 is 3. The number of hydrogen-bond donors (Lipinski definition) is 3. The minimum atomic E-state index is 0.274. The van der Waals surface area contributed by atoms with E-state index in [-0.39, 0.29) is 6.04 Å². The average molecular weight is 996 g/mol. The molecule has 2 aromatic carbocycles. The van der Waals surface area contributed by atoms with Crippen LogP contribution in [0.25, 0.3) is 56.0 Å². The summed E-state index contributed by atoms with van der Waals surface area (Å²) >= 11 is 0. The summed E-state index contributed by atoms with van der Waals surface area (Å²) in [7, 11) is 4.78. The first-order valence-corrected chi connectivity index (χ1v) is 24.9. The van der Waals surface area contributed by atoms with Crippen LogP contribution < -0.4 is 30.2 Å². The highest BCUT2D eigenvalue weighted by atomic mass is 16.5. The summed E-state index contributed by atoms with van der Waals surface area (Å²) in [5.41, 5.74) is 9.56. The molecule has 374 valence electrons. The van der Waals surface area contributed by atoms with Gasteiger partial charge in [-0.25, -0.2) is 24.9 Å². The summed E-state index contributed by atoms with van der Waals surface area (Å²) in [6.45, 7) is 3.64. The highest BCUT2D eigenvalue weighted by molar-refractivity contribution is 5.81. The topological polar surface area (TPSA) is 195 Å². The van der Waals surface area contributed by atoms with Crippen molar-refractivity contribution in [1.29, 1.82) is 0 Å². The average Bonchev–Trinajstić information content (AvgIpc) is 4.31. The number of aryl methyl sites for hydroxylation is 1. The Morgan fingerprint density at radius 1 is 0.573 bits per heavy atom. The van der Waals surface area contributed by atoms with Crippen LogP contribution >= 0.6 is 0 Å². The molecule has 3 N–H and O–H groups in total. The summed E-state index contributed by atoms with van der Waals surface area (Å²) in [4.78, 5) is 43.0. The quantitative estimate of drug-likeness (QED) is 0.0779. The second-order valence-electron chi connectivity index (χ2n) is 18.5. The summed E-state index contributed by atoms with van der Waals surface area (Å²) in [5, 5.41) is 13.1. The highest BCUT2D eigenvalue weighted by Crippen LogP contribution is 2.45. The normalized spacial score (nSPS) is 14.4. The fourth-order valence-corrected chi connectivity index (χ4v) is 10.1. The zero-order valence-corrected chi connectivity index (χ0v) is 41.8. The van der Waals surface area contributed by atoms with Gasteiger partial charge in [0.1, 0.15) is 17.3 Å². The van der Waals surface area contributed by atoms with Gasteiger partial charge in [-0.15, -0.1) is 0 Å². The molecule has 0 bridgehead atoms.